The normalized spacial score (nSPS) is 15.7. The van der Waals surface area contributed by atoms with Gasteiger partial charge >= 0.3 is 0 Å². The van der Waals surface area contributed by atoms with Crippen LogP contribution in [0.25, 0.3) is 5.69 Å². The number of nitrogens with zero attached hydrogens (tertiary/aromatic N) is 3. The quantitative estimate of drug-likeness (QED) is 0.637. The molecule has 1 atom stereocenters. The molecule has 3 aromatic rings. The molecule has 1 aliphatic heterocycles. The molecule has 0 bridgehead atoms. The molecular formula is C19H14ClFN4O2S2. The molecule has 6 nitrogen and oxygen atoms in total. The highest BCUT2D eigenvalue weighted by Gasteiger charge is 2.16. The molecule has 1 aromatic carbocycles. The number of hydrogen-bond donors (Lipinski definition) is 1. The van der Waals surface area contributed by atoms with Crippen LogP contribution in [-0.2, 0) is 17.5 Å². The average Bonchev–Trinajstić information content (AvgIpc) is 3.36. The Bertz CT molecular complexity index is 1150. The first-order valence-electron chi connectivity index (χ1n) is 8.42. The lowest BCUT2D eigenvalue weighted by Crippen LogP contribution is -2.21. The second-order valence-corrected chi connectivity index (χ2v) is 8.90. The van der Waals surface area contributed by atoms with Crippen LogP contribution < -0.4 is 9.62 Å². The minimum Gasteiger partial charge on any atom is -0.346 e. The predicted octanol–water partition coefficient (Wildman–Crippen LogP) is 4.17. The number of hydrogen-bond acceptors (Lipinski definition) is 4. The Balaban J connectivity index is 1.46. The maximum Gasteiger partial charge on any atom is 0.261 e. The van der Waals surface area contributed by atoms with Crippen molar-refractivity contribution < 1.29 is 13.4 Å². The van der Waals surface area contributed by atoms with Gasteiger partial charge in [-0.05, 0) is 30.3 Å². The lowest BCUT2D eigenvalue weighted by molar-refractivity contribution is 0.0954. The topological polar surface area (TPSA) is 67.2 Å². The summed E-state index contributed by atoms with van der Waals surface area (Å²) in [7, 11) is -1.45. The molecular weight excluding hydrogens is 435 g/mol. The van der Waals surface area contributed by atoms with Crippen LogP contribution in [0.1, 0.15) is 15.4 Å². The van der Waals surface area contributed by atoms with Gasteiger partial charge in [0.05, 0.1) is 33.5 Å². The molecule has 0 aliphatic carbocycles. The molecule has 0 saturated heterocycles. The van der Waals surface area contributed by atoms with E-state index in [4.69, 9.17) is 11.6 Å². The molecule has 2 aromatic heterocycles. The van der Waals surface area contributed by atoms with E-state index in [1.54, 1.807) is 59.7 Å². The summed E-state index contributed by atoms with van der Waals surface area (Å²) in [6.07, 6.45) is 8.15. The number of nitrogens with one attached hydrogen (secondary N) is 1. The number of imidazole rings is 1. The Labute approximate surface area is 177 Å². The summed E-state index contributed by atoms with van der Waals surface area (Å²) in [5, 5.41) is 4.25. The zero-order valence-corrected chi connectivity index (χ0v) is 17.2. The summed E-state index contributed by atoms with van der Waals surface area (Å²) in [5.41, 5.74) is 1.40. The molecule has 3 heterocycles. The number of aromatic nitrogens is 2. The highest BCUT2D eigenvalue weighted by molar-refractivity contribution is 7.89. The Hall–Kier alpha value is -2.75. The monoisotopic (exact) mass is 448 g/mol. The van der Waals surface area contributed by atoms with Gasteiger partial charge in [0.1, 0.15) is 16.8 Å². The maximum atomic E-state index is 14.6. The van der Waals surface area contributed by atoms with Gasteiger partial charge < -0.3 is 9.88 Å². The van der Waals surface area contributed by atoms with Crippen molar-refractivity contribution >= 4 is 45.5 Å². The zero-order chi connectivity index (χ0) is 20.4. The van der Waals surface area contributed by atoms with Crippen LogP contribution in [0.15, 0.2) is 66.6 Å². The second kappa shape index (κ2) is 8.32. The Morgan fingerprint density at radius 3 is 2.86 bits per heavy atom. The second-order valence-electron chi connectivity index (χ2n) is 5.97. The summed E-state index contributed by atoms with van der Waals surface area (Å²) in [5.74, 6) is -0.739. The minimum absolute atomic E-state index is 0.217. The number of allylic oxidation sites excluding steroid dienone is 2. The largest absolute Gasteiger partial charge is 0.346 e. The van der Waals surface area contributed by atoms with Crippen LogP contribution >= 0.6 is 22.9 Å². The van der Waals surface area contributed by atoms with E-state index in [9.17, 15) is 13.4 Å². The van der Waals surface area contributed by atoms with Crippen LogP contribution in [0.4, 0.5) is 10.1 Å². The van der Waals surface area contributed by atoms with E-state index in [0.29, 0.717) is 20.6 Å². The van der Waals surface area contributed by atoms with Gasteiger partial charge in [0.2, 0.25) is 0 Å². The van der Waals surface area contributed by atoms with E-state index in [2.05, 4.69) is 10.3 Å². The molecule has 1 N–H and O–H groups in total. The van der Waals surface area contributed by atoms with Crippen molar-refractivity contribution in [3.8, 4) is 5.69 Å². The lowest BCUT2D eigenvalue weighted by Gasteiger charge is -2.20. The summed E-state index contributed by atoms with van der Waals surface area (Å²) in [4.78, 5) is 16.8. The summed E-state index contributed by atoms with van der Waals surface area (Å²) >= 11 is 7.04. The van der Waals surface area contributed by atoms with Crippen LogP contribution in [0.5, 0.6) is 0 Å². The number of carbonyl (C=O) groups is 1. The fourth-order valence-electron chi connectivity index (χ4n) is 2.67. The first kappa shape index (κ1) is 19.6. The standard InChI is InChI=1S/C19H14ClFN4O2S2/c20-18-6-5-17(28-18)19(26)22-10-13-11-24(12-23-13)14-3-4-16(15(21)9-14)25-7-1-2-8-29(25)27/h1-9,11-12H,10H2,(H,22,26). The minimum atomic E-state index is -1.45. The smallest absolute Gasteiger partial charge is 0.261 e. The van der Waals surface area contributed by atoms with Gasteiger partial charge in [-0.2, -0.15) is 0 Å². The summed E-state index contributed by atoms with van der Waals surface area (Å²) in [6, 6.07) is 7.94. The van der Waals surface area contributed by atoms with Crippen molar-refractivity contribution in [1.82, 2.24) is 14.9 Å². The molecule has 0 fully saturated rings. The number of rotatable bonds is 5. The number of amides is 1. The van der Waals surface area contributed by atoms with Crippen LogP contribution in [0.3, 0.4) is 0 Å². The third kappa shape index (κ3) is 4.31. The van der Waals surface area contributed by atoms with Gasteiger partial charge in [-0.3, -0.25) is 9.10 Å². The maximum absolute atomic E-state index is 14.6. The van der Waals surface area contributed by atoms with Gasteiger partial charge in [0, 0.05) is 29.6 Å². The van der Waals surface area contributed by atoms with Gasteiger partial charge in [0.25, 0.3) is 5.91 Å². The number of anilines is 1. The molecule has 1 unspecified atom stereocenters. The molecule has 0 radical (unpaired) electrons. The van der Waals surface area contributed by atoms with E-state index in [1.165, 1.54) is 27.1 Å². The fourth-order valence-corrected chi connectivity index (χ4v) is 4.52. The first-order chi connectivity index (χ1) is 14.0. The van der Waals surface area contributed by atoms with E-state index < -0.39 is 16.8 Å². The number of thiophene rings is 1. The molecule has 1 aliphatic rings. The lowest BCUT2D eigenvalue weighted by atomic mass is 10.2. The molecule has 4 rings (SSSR count). The Morgan fingerprint density at radius 2 is 2.14 bits per heavy atom. The molecule has 0 saturated carbocycles. The van der Waals surface area contributed by atoms with Crippen LogP contribution in [0.2, 0.25) is 4.34 Å². The van der Waals surface area contributed by atoms with E-state index in [1.807, 2.05) is 0 Å². The van der Waals surface area contributed by atoms with Crippen molar-refractivity contribution in [2.24, 2.45) is 0 Å². The van der Waals surface area contributed by atoms with Gasteiger partial charge in [-0.15, -0.1) is 11.3 Å². The summed E-state index contributed by atoms with van der Waals surface area (Å²) in [6.45, 7) is 0.228. The first-order valence-corrected chi connectivity index (χ1v) is 10.8. The van der Waals surface area contributed by atoms with Gasteiger partial charge in [0.15, 0.2) is 0 Å². The zero-order valence-electron chi connectivity index (χ0n) is 14.8. The van der Waals surface area contributed by atoms with E-state index >= 15 is 0 Å². The van der Waals surface area contributed by atoms with Gasteiger partial charge in [-0.1, -0.05) is 17.7 Å². The summed E-state index contributed by atoms with van der Waals surface area (Å²) < 4.78 is 30.2. The SMILES string of the molecule is O=C(NCc1cn(-c2ccc(N3C=CC=CS3=O)c(F)c2)cn1)c1ccc(Cl)s1. The molecule has 29 heavy (non-hydrogen) atoms. The molecule has 10 heteroatoms. The Morgan fingerprint density at radius 1 is 1.28 bits per heavy atom. The van der Waals surface area contributed by atoms with Crippen molar-refractivity contribution in [1.29, 1.82) is 0 Å². The predicted molar refractivity (Wildman–Crippen MR) is 113 cm³/mol. The average molecular weight is 449 g/mol. The fraction of sp³-hybridized carbons (Fsp3) is 0.0526. The number of halogens is 2. The van der Waals surface area contributed by atoms with Gasteiger partial charge in [-0.25, -0.2) is 13.6 Å². The number of benzene rings is 1. The van der Waals surface area contributed by atoms with Crippen molar-refractivity contribution in [2.75, 3.05) is 4.31 Å². The van der Waals surface area contributed by atoms with Crippen LogP contribution in [-0.4, -0.2) is 19.7 Å². The molecule has 1 amide bonds. The van der Waals surface area contributed by atoms with E-state index in [0.717, 1.165) is 0 Å². The van der Waals surface area contributed by atoms with Crippen molar-refractivity contribution in [3.05, 3.63) is 87.3 Å². The highest BCUT2D eigenvalue weighted by atomic mass is 35.5. The van der Waals surface area contributed by atoms with Crippen LogP contribution in [0, 0.1) is 5.82 Å². The van der Waals surface area contributed by atoms with E-state index in [-0.39, 0.29) is 18.1 Å². The third-order valence-electron chi connectivity index (χ3n) is 4.05. The molecule has 0 spiro atoms. The van der Waals surface area contributed by atoms with Crippen molar-refractivity contribution in [2.45, 2.75) is 6.54 Å². The number of carbonyl (C=O) groups excluding carboxylic acids is 1. The highest BCUT2D eigenvalue weighted by Crippen LogP contribution is 2.26. The molecule has 148 valence electrons. The van der Waals surface area contributed by atoms with Crippen molar-refractivity contribution in [3.63, 3.8) is 0 Å². The third-order valence-corrected chi connectivity index (χ3v) is 6.38. The Kier molecular flexibility index (Phi) is 5.61.